The summed E-state index contributed by atoms with van der Waals surface area (Å²) in [5.41, 5.74) is 5.47. The molecule has 0 saturated heterocycles. The summed E-state index contributed by atoms with van der Waals surface area (Å²) in [6, 6.07) is 23.0. The van der Waals surface area contributed by atoms with Crippen LogP contribution in [0.15, 0.2) is 84.0 Å². The van der Waals surface area contributed by atoms with Crippen LogP contribution in [0.25, 0.3) is 11.1 Å². The van der Waals surface area contributed by atoms with E-state index in [2.05, 4.69) is 10.5 Å². The molecule has 3 aromatic carbocycles. The Hall–Kier alpha value is -3.80. The molecule has 6 nitrogen and oxygen atoms in total. The summed E-state index contributed by atoms with van der Waals surface area (Å²) in [6.45, 7) is 0. The van der Waals surface area contributed by atoms with E-state index < -0.39 is 4.92 Å². The van der Waals surface area contributed by atoms with Crippen molar-refractivity contribution in [3.63, 3.8) is 0 Å². The molecule has 3 rings (SSSR count). The molecule has 1 amide bonds. The van der Waals surface area contributed by atoms with E-state index in [1.807, 2.05) is 42.5 Å². The van der Waals surface area contributed by atoms with Crippen LogP contribution in [-0.2, 0) is 0 Å². The zero-order valence-corrected chi connectivity index (χ0v) is 13.7. The highest BCUT2D eigenvalue weighted by Crippen LogP contribution is 2.19. The third-order valence-corrected chi connectivity index (χ3v) is 3.71. The van der Waals surface area contributed by atoms with E-state index in [4.69, 9.17) is 0 Å². The number of nitrogens with zero attached hydrogens (tertiary/aromatic N) is 2. The van der Waals surface area contributed by atoms with Gasteiger partial charge in [0.15, 0.2) is 0 Å². The average molecular weight is 345 g/mol. The third-order valence-electron chi connectivity index (χ3n) is 3.71. The largest absolute Gasteiger partial charge is 0.271 e. The molecule has 6 heteroatoms. The summed E-state index contributed by atoms with van der Waals surface area (Å²) >= 11 is 0. The first-order valence-electron chi connectivity index (χ1n) is 7.87. The molecule has 0 radical (unpaired) electrons. The number of nitro benzene ring substituents is 1. The highest BCUT2D eigenvalue weighted by molar-refractivity contribution is 5.95. The van der Waals surface area contributed by atoms with Crippen LogP contribution in [0.1, 0.15) is 15.9 Å². The van der Waals surface area contributed by atoms with Crippen molar-refractivity contribution in [3.05, 3.63) is 100 Å². The second-order valence-electron chi connectivity index (χ2n) is 5.49. The van der Waals surface area contributed by atoms with Gasteiger partial charge in [-0.3, -0.25) is 14.9 Å². The van der Waals surface area contributed by atoms with E-state index in [9.17, 15) is 14.9 Å². The fraction of sp³-hybridized carbons (Fsp3) is 0. The maximum absolute atomic E-state index is 12.1. The van der Waals surface area contributed by atoms with Crippen LogP contribution in [0, 0.1) is 10.1 Å². The van der Waals surface area contributed by atoms with Gasteiger partial charge < -0.3 is 0 Å². The summed E-state index contributed by atoms with van der Waals surface area (Å²) in [6.07, 6.45) is 1.36. The Balaban J connectivity index is 1.65. The molecule has 0 aliphatic carbocycles. The predicted octanol–water partition coefficient (Wildman–Crippen LogP) is 4.03. The number of amides is 1. The lowest BCUT2D eigenvalue weighted by molar-refractivity contribution is -0.384. The Morgan fingerprint density at radius 2 is 1.62 bits per heavy atom. The number of hydrogen-bond acceptors (Lipinski definition) is 4. The maximum Gasteiger partial charge on any atom is 0.271 e. The molecule has 0 spiro atoms. The molecule has 0 heterocycles. The highest BCUT2D eigenvalue weighted by Gasteiger charge is 2.06. The topological polar surface area (TPSA) is 84.6 Å². The summed E-state index contributed by atoms with van der Waals surface area (Å²) < 4.78 is 0. The van der Waals surface area contributed by atoms with E-state index in [0.29, 0.717) is 11.1 Å². The minimum absolute atomic E-state index is 0.0308. The molecule has 26 heavy (non-hydrogen) atoms. The lowest BCUT2D eigenvalue weighted by Gasteiger charge is -2.03. The number of nitrogens with one attached hydrogen (secondary N) is 1. The average Bonchev–Trinajstić information content (AvgIpc) is 2.69. The number of nitro groups is 1. The van der Waals surface area contributed by atoms with Gasteiger partial charge in [0.05, 0.1) is 11.1 Å². The molecule has 1 N–H and O–H groups in total. The number of carbonyl (C=O) groups excluding carboxylic acids is 1. The van der Waals surface area contributed by atoms with E-state index in [1.54, 1.807) is 24.3 Å². The standard InChI is InChI=1S/C20H15N3O3/c24-20(22-21-14-15-5-4-8-19(13-15)23(25)26)18-11-9-17(10-12-18)16-6-2-1-3-7-16/h1-14H,(H,22,24). The van der Waals surface area contributed by atoms with Gasteiger partial charge in [0.25, 0.3) is 11.6 Å². The van der Waals surface area contributed by atoms with Crippen molar-refractivity contribution in [2.75, 3.05) is 0 Å². The van der Waals surface area contributed by atoms with Gasteiger partial charge in [-0.1, -0.05) is 54.6 Å². The Labute approximate surface area is 150 Å². The number of hydrogen-bond donors (Lipinski definition) is 1. The van der Waals surface area contributed by atoms with E-state index in [-0.39, 0.29) is 11.6 Å². The smallest absolute Gasteiger partial charge is 0.267 e. The molecule has 0 aliphatic heterocycles. The highest BCUT2D eigenvalue weighted by atomic mass is 16.6. The van der Waals surface area contributed by atoms with Crippen molar-refractivity contribution in [1.82, 2.24) is 5.43 Å². The number of benzene rings is 3. The van der Waals surface area contributed by atoms with Crippen molar-refractivity contribution in [1.29, 1.82) is 0 Å². The van der Waals surface area contributed by atoms with Gasteiger partial charge >= 0.3 is 0 Å². The molecule has 0 saturated carbocycles. The summed E-state index contributed by atoms with van der Waals surface area (Å²) in [5.74, 6) is -0.355. The van der Waals surface area contributed by atoms with Crippen LogP contribution in [0.4, 0.5) is 5.69 Å². The van der Waals surface area contributed by atoms with Crippen molar-refractivity contribution >= 4 is 17.8 Å². The molecule has 0 aliphatic rings. The van der Waals surface area contributed by atoms with Crippen LogP contribution in [-0.4, -0.2) is 17.0 Å². The number of non-ortho nitro benzene ring substituents is 1. The number of carbonyl (C=O) groups is 1. The molecular weight excluding hydrogens is 330 g/mol. The Morgan fingerprint density at radius 3 is 2.31 bits per heavy atom. The first kappa shape index (κ1) is 17.0. The maximum atomic E-state index is 12.1. The lowest BCUT2D eigenvalue weighted by atomic mass is 10.0. The van der Waals surface area contributed by atoms with E-state index in [1.165, 1.54) is 18.3 Å². The van der Waals surface area contributed by atoms with Crippen LogP contribution in [0.3, 0.4) is 0 Å². The third kappa shape index (κ3) is 4.18. The molecule has 0 bridgehead atoms. The molecule has 0 atom stereocenters. The van der Waals surface area contributed by atoms with E-state index >= 15 is 0 Å². The van der Waals surface area contributed by atoms with Crippen LogP contribution >= 0.6 is 0 Å². The summed E-state index contributed by atoms with van der Waals surface area (Å²) in [7, 11) is 0. The van der Waals surface area contributed by atoms with Crippen molar-refractivity contribution < 1.29 is 9.72 Å². The minimum Gasteiger partial charge on any atom is -0.267 e. The van der Waals surface area contributed by atoms with Crippen LogP contribution in [0.2, 0.25) is 0 Å². The first-order chi connectivity index (χ1) is 12.6. The molecule has 0 fully saturated rings. The van der Waals surface area contributed by atoms with Crippen LogP contribution < -0.4 is 5.43 Å². The predicted molar refractivity (Wildman–Crippen MR) is 100 cm³/mol. The summed E-state index contributed by atoms with van der Waals surface area (Å²) in [5, 5.41) is 14.6. The van der Waals surface area contributed by atoms with Crippen LogP contribution in [0.5, 0.6) is 0 Å². The van der Waals surface area contributed by atoms with E-state index in [0.717, 1.165) is 11.1 Å². The Kier molecular flexibility index (Phi) is 5.14. The minimum atomic E-state index is -0.482. The van der Waals surface area contributed by atoms with Gasteiger partial charge in [-0.05, 0) is 23.3 Å². The van der Waals surface area contributed by atoms with Gasteiger partial charge in [0.2, 0.25) is 0 Å². The van der Waals surface area contributed by atoms with Gasteiger partial charge in [0.1, 0.15) is 0 Å². The summed E-state index contributed by atoms with van der Waals surface area (Å²) in [4.78, 5) is 22.4. The molecule has 128 valence electrons. The quantitative estimate of drug-likeness (QED) is 0.430. The second-order valence-corrected chi connectivity index (χ2v) is 5.49. The molecule has 0 unspecified atom stereocenters. The number of hydrazone groups is 1. The lowest BCUT2D eigenvalue weighted by Crippen LogP contribution is -2.17. The number of rotatable bonds is 5. The molecular formula is C20H15N3O3. The van der Waals surface area contributed by atoms with Crippen molar-refractivity contribution in [3.8, 4) is 11.1 Å². The zero-order chi connectivity index (χ0) is 18.4. The van der Waals surface area contributed by atoms with Gasteiger partial charge in [0, 0.05) is 23.3 Å². The fourth-order valence-electron chi connectivity index (χ4n) is 2.39. The van der Waals surface area contributed by atoms with Gasteiger partial charge in [-0.15, -0.1) is 0 Å². The van der Waals surface area contributed by atoms with Crippen molar-refractivity contribution in [2.45, 2.75) is 0 Å². The normalized spacial score (nSPS) is 10.6. The van der Waals surface area contributed by atoms with Gasteiger partial charge in [-0.25, -0.2) is 5.43 Å². The molecule has 0 aromatic heterocycles. The first-order valence-corrected chi connectivity index (χ1v) is 7.87. The second kappa shape index (κ2) is 7.85. The monoisotopic (exact) mass is 345 g/mol. The Morgan fingerprint density at radius 1 is 0.923 bits per heavy atom. The fourth-order valence-corrected chi connectivity index (χ4v) is 2.39. The SMILES string of the molecule is O=C(NN=Cc1cccc([N+](=O)[O-])c1)c1ccc(-c2ccccc2)cc1. The molecule has 3 aromatic rings. The zero-order valence-electron chi connectivity index (χ0n) is 13.7. The van der Waals surface area contributed by atoms with Gasteiger partial charge in [-0.2, -0.15) is 5.10 Å². The Bertz CT molecular complexity index is 952. The van der Waals surface area contributed by atoms with Crippen molar-refractivity contribution in [2.24, 2.45) is 5.10 Å².